The highest BCUT2D eigenvalue weighted by Gasteiger charge is 2.20. The molecule has 0 saturated carbocycles. The maximum atomic E-state index is 14.8. The lowest BCUT2D eigenvalue weighted by Gasteiger charge is -2.17. The Kier molecular flexibility index (Phi) is 8.58. The van der Waals surface area contributed by atoms with Crippen molar-refractivity contribution in [2.75, 3.05) is 44.5 Å². The van der Waals surface area contributed by atoms with E-state index in [1.54, 1.807) is 19.2 Å². The normalized spacial score (nSPS) is 16.1. The van der Waals surface area contributed by atoms with E-state index in [4.69, 9.17) is 32.7 Å². The molecule has 11 heteroatoms. The number of nitrogens with zero attached hydrogens (tertiary/aromatic N) is 3. The number of fused-ring (bicyclic) bond motifs is 1. The molecule has 1 atom stereocenters. The summed E-state index contributed by atoms with van der Waals surface area (Å²) in [5, 5.41) is 6.18. The Morgan fingerprint density at radius 2 is 2.03 bits per heavy atom. The lowest BCUT2D eigenvalue weighted by molar-refractivity contribution is -0.111. The molecule has 1 aliphatic heterocycles. The Morgan fingerprint density at radius 1 is 1.22 bits per heavy atom. The number of halogens is 3. The SMILES string of the molecule is COCCOc1c(NC(=O)/C=C/[C@H]2CCCN2C)ccc2ncnc(Nc3ccc(Cl)c(Cl)c3F)c12. The second kappa shape index (κ2) is 11.8. The molecular weight excluding hydrogens is 508 g/mol. The molecule has 0 aliphatic carbocycles. The van der Waals surface area contributed by atoms with Gasteiger partial charge in [-0.3, -0.25) is 9.69 Å². The zero-order valence-corrected chi connectivity index (χ0v) is 21.4. The lowest BCUT2D eigenvalue weighted by Crippen LogP contribution is -2.23. The number of hydrogen-bond donors (Lipinski definition) is 2. The minimum atomic E-state index is -0.718. The van der Waals surface area contributed by atoms with Crippen molar-refractivity contribution in [2.24, 2.45) is 0 Å². The number of ether oxygens (including phenoxy) is 2. The highest BCUT2D eigenvalue weighted by Crippen LogP contribution is 2.39. The second-order valence-electron chi connectivity index (χ2n) is 8.29. The van der Waals surface area contributed by atoms with Crippen LogP contribution in [-0.2, 0) is 9.53 Å². The predicted molar refractivity (Wildman–Crippen MR) is 140 cm³/mol. The number of nitrogens with one attached hydrogen (secondary N) is 2. The van der Waals surface area contributed by atoms with E-state index in [0.29, 0.717) is 28.9 Å². The van der Waals surface area contributed by atoms with Gasteiger partial charge in [0.15, 0.2) is 11.6 Å². The first-order valence-electron chi connectivity index (χ1n) is 11.4. The fourth-order valence-corrected chi connectivity index (χ4v) is 4.31. The molecule has 2 heterocycles. The molecule has 1 aromatic heterocycles. The number of carbonyl (C=O) groups is 1. The molecule has 4 rings (SSSR count). The summed E-state index contributed by atoms with van der Waals surface area (Å²) in [6, 6.07) is 6.60. The minimum Gasteiger partial charge on any atom is -0.488 e. The molecule has 0 spiro atoms. The van der Waals surface area contributed by atoms with Crippen LogP contribution in [0, 0.1) is 5.82 Å². The van der Waals surface area contributed by atoms with Gasteiger partial charge in [-0.05, 0) is 50.7 Å². The number of rotatable bonds is 9. The quantitative estimate of drug-likeness (QED) is 0.215. The van der Waals surface area contributed by atoms with Crippen LogP contribution in [-0.4, -0.2) is 60.7 Å². The first-order valence-corrected chi connectivity index (χ1v) is 12.1. The van der Waals surface area contributed by atoms with Gasteiger partial charge in [-0.15, -0.1) is 0 Å². The molecule has 0 radical (unpaired) electrons. The van der Waals surface area contributed by atoms with E-state index in [9.17, 15) is 9.18 Å². The predicted octanol–water partition coefficient (Wildman–Crippen LogP) is 5.43. The van der Waals surface area contributed by atoms with Crippen LogP contribution in [0.4, 0.5) is 21.6 Å². The van der Waals surface area contributed by atoms with Crippen molar-refractivity contribution < 1.29 is 18.7 Å². The number of likely N-dealkylation sites (tertiary alicyclic amines) is 1. The Bertz CT molecular complexity index is 1290. The maximum absolute atomic E-state index is 14.8. The molecular formula is C25H26Cl2FN5O3. The number of benzene rings is 2. The Labute approximate surface area is 218 Å². The smallest absolute Gasteiger partial charge is 0.248 e. The zero-order valence-electron chi connectivity index (χ0n) is 19.9. The Morgan fingerprint density at radius 3 is 2.78 bits per heavy atom. The third-order valence-corrected chi connectivity index (χ3v) is 6.66. The van der Waals surface area contributed by atoms with Crippen LogP contribution in [0.25, 0.3) is 10.9 Å². The highest BCUT2D eigenvalue weighted by atomic mass is 35.5. The van der Waals surface area contributed by atoms with E-state index >= 15 is 0 Å². The first kappa shape index (κ1) is 26.1. The summed E-state index contributed by atoms with van der Waals surface area (Å²) in [5.41, 5.74) is 1.02. The highest BCUT2D eigenvalue weighted by molar-refractivity contribution is 6.42. The van der Waals surface area contributed by atoms with Crippen molar-refractivity contribution in [1.29, 1.82) is 0 Å². The number of anilines is 3. The molecule has 1 saturated heterocycles. The van der Waals surface area contributed by atoms with Crippen molar-refractivity contribution in [3.05, 3.63) is 58.6 Å². The third-order valence-electron chi connectivity index (χ3n) is 5.88. The van der Waals surface area contributed by atoms with Gasteiger partial charge in [0.25, 0.3) is 0 Å². The first-order chi connectivity index (χ1) is 17.4. The maximum Gasteiger partial charge on any atom is 0.248 e. The van der Waals surface area contributed by atoms with E-state index in [0.717, 1.165) is 19.4 Å². The topological polar surface area (TPSA) is 88.6 Å². The number of methoxy groups -OCH3 is 1. The van der Waals surface area contributed by atoms with Crippen molar-refractivity contribution in [3.63, 3.8) is 0 Å². The molecule has 1 amide bonds. The van der Waals surface area contributed by atoms with Gasteiger partial charge in [0.1, 0.15) is 18.8 Å². The fraction of sp³-hybridized carbons (Fsp3) is 0.320. The van der Waals surface area contributed by atoms with Crippen molar-refractivity contribution in [1.82, 2.24) is 14.9 Å². The van der Waals surface area contributed by atoms with Crippen LogP contribution in [0.1, 0.15) is 12.8 Å². The van der Waals surface area contributed by atoms with Crippen LogP contribution in [0.15, 0.2) is 42.7 Å². The van der Waals surface area contributed by atoms with Crippen molar-refractivity contribution in [2.45, 2.75) is 18.9 Å². The van der Waals surface area contributed by atoms with Gasteiger partial charge in [0.05, 0.1) is 38.9 Å². The number of likely N-dealkylation sites (N-methyl/N-ethyl adjacent to an activating group) is 1. The minimum absolute atomic E-state index is 0.0743. The van der Waals surface area contributed by atoms with Gasteiger partial charge >= 0.3 is 0 Å². The largest absolute Gasteiger partial charge is 0.488 e. The van der Waals surface area contributed by atoms with Gasteiger partial charge in [-0.2, -0.15) is 0 Å². The summed E-state index contributed by atoms with van der Waals surface area (Å²) in [6.07, 6.45) is 6.89. The van der Waals surface area contributed by atoms with Gasteiger partial charge < -0.3 is 20.1 Å². The molecule has 8 nitrogen and oxygen atoms in total. The van der Waals surface area contributed by atoms with Crippen LogP contribution in [0.2, 0.25) is 10.0 Å². The second-order valence-corrected chi connectivity index (χ2v) is 9.07. The number of aromatic nitrogens is 2. The molecule has 0 bridgehead atoms. The van der Waals surface area contributed by atoms with Crippen LogP contribution in [0.3, 0.4) is 0 Å². The zero-order chi connectivity index (χ0) is 25.7. The fourth-order valence-electron chi connectivity index (χ4n) is 3.99. The van der Waals surface area contributed by atoms with Crippen LogP contribution < -0.4 is 15.4 Å². The summed E-state index contributed by atoms with van der Waals surface area (Å²) in [6.45, 7) is 1.53. The summed E-state index contributed by atoms with van der Waals surface area (Å²) >= 11 is 11.9. The van der Waals surface area contributed by atoms with Crippen molar-refractivity contribution >= 4 is 57.2 Å². The van der Waals surface area contributed by atoms with Gasteiger partial charge in [0.2, 0.25) is 5.91 Å². The van der Waals surface area contributed by atoms with E-state index in [1.807, 2.05) is 13.1 Å². The van der Waals surface area contributed by atoms with Crippen LogP contribution >= 0.6 is 23.2 Å². The molecule has 3 aromatic rings. The molecule has 36 heavy (non-hydrogen) atoms. The molecule has 190 valence electrons. The van der Waals surface area contributed by atoms with Crippen LogP contribution in [0.5, 0.6) is 5.75 Å². The average molecular weight is 534 g/mol. The summed E-state index contributed by atoms with van der Waals surface area (Å²) < 4.78 is 25.9. The molecule has 1 aliphatic rings. The molecule has 0 unspecified atom stereocenters. The monoisotopic (exact) mass is 533 g/mol. The van der Waals surface area contributed by atoms with Gasteiger partial charge in [-0.1, -0.05) is 29.3 Å². The number of hydrogen-bond acceptors (Lipinski definition) is 7. The summed E-state index contributed by atoms with van der Waals surface area (Å²) in [4.78, 5) is 23.6. The lowest BCUT2D eigenvalue weighted by atomic mass is 10.1. The average Bonchev–Trinajstić information content (AvgIpc) is 3.29. The standard InChI is InChI=1S/C25H26Cl2FN5O3/c1-33-11-3-4-15(33)5-10-20(34)31-19-9-8-17-21(24(19)36-13-12-35-2)25(30-14-29-17)32-18-7-6-16(26)22(27)23(18)28/h5-10,14-15H,3-4,11-13H2,1-2H3,(H,31,34)(H,29,30,32)/b10-5+/t15-/m1/s1. The number of carbonyl (C=O) groups excluding carboxylic acids is 1. The van der Waals surface area contributed by atoms with Gasteiger partial charge in [0, 0.05) is 19.2 Å². The summed E-state index contributed by atoms with van der Waals surface area (Å²) in [5.74, 6) is -0.422. The van der Waals surface area contributed by atoms with E-state index < -0.39 is 5.82 Å². The Balaban J connectivity index is 1.70. The summed E-state index contributed by atoms with van der Waals surface area (Å²) in [7, 11) is 3.60. The third kappa shape index (κ3) is 5.87. The molecule has 1 fully saturated rings. The van der Waals surface area contributed by atoms with E-state index in [1.165, 1.54) is 24.5 Å². The number of amides is 1. The van der Waals surface area contributed by atoms with Gasteiger partial charge in [-0.25, -0.2) is 14.4 Å². The van der Waals surface area contributed by atoms with E-state index in [-0.39, 0.29) is 40.1 Å². The van der Waals surface area contributed by atoms with Crippen molar-refractivity contribution in [3.8, 4) is 5.75 Å². The Hall–Kier alpha value is -2.98. The molecule has 2 N–H and O–H groups in total. The molecule has 2 aromatic carbocycles. The van der Waals surface area contributed by atoms with E-state index in [2.05, 4.69) is 25.5 Å².